The van der Waals surface area contributed by atoms with E-state index in [2.05, 4.69) is 0 Å². The lowest BCUT2D eigenvalue weighted by atomic mass is 9.72. The molecule has 5 nitrogen and oxygen atoms in total. The highest BCUT2D eigenvalue weighted by atomic mass is 16.5. The van der Waals surface area contributed by atoms with Crippen LogP contribution in [0.4, 0.5) is 0 Å². The molecule has 2 aliphatic rings. The van der Waals surface area contributed by atoms with E-state index in [0.29, 0.717) is 25.7 Å². The van der Waals surface area contributed by atoms with Crippen LogP contribution in [0, 0.1) is 0 Å². The number of aromatic nitrogens is 1. The van der Waals surface area contributed by atoms with Crippen molar-refractivity contribution < 1.29 is 14.6 Å². The van der Waals surface area contributed by atoms with Crippen molar-refractivity contribution in [1.82, 2.24) is 4.57 Å². The molecule has 2 heterocycles. The molecular formula is C15H19NO4. The topological polar surface area (TPSA) is 68.5 Å². The molecule has 1 spiro atoms. The Morgan fingerprint density at radius 1 is 1.20 bits per heavy atom. The molecule has 0 radical (unpaired) electrons. The maximum absolute atomic E-state index is 12.0. The van der Waals surface area contributed by atoms with E-state index in [1.165, 1.54) is 10.6 Å². The predicted octanol–water partition coefficient (Wildman–Crippen LogP) is 1.75. The first kappa shape index (κ1) is 13.4. The number of rotatable bonds is 2. The van der Waals surface area contributed by atoms with Gasteiger partial charge in [-0.05, 0) is 44.6 Å². The van der Waals surface area contributed by atoms with Gasteiger partial charge in [-0.25, -0.2) is 4.79 Å². The van der Waals surface area contributed by atoms with Gasteiger partial charge in [-0.1, -0.05) is 6.07 Å². The Hall–Kier alpha value is -1.62. The van der Waals surface area contributed by atoms with Gasteiger partial charge in [0.15, 0.2) is 0 Å². The third-order valence-corrected chi connectivity index (χ3v) is 4.86. The highest BCUT2D eigenvalue weighted by Gasteiger charge is 2.50. The summed E-state index contributed by atoms with van der Waals surface area (Å²) in [5.74, 6) is -0.918. The highest BCUT2D eigenvalue weighted by molar-refractivity contribution is 5.77. The number of carboxylic acids is 1. The molecule has 2 fully saturated rings. The van der Waals surface area contributed by atoms with Gasteiger partial charge in [0.1, 0.15) is 5.54 Å². The zero-order valence-electron chi connectivity index (χ0n) is 11.4. The quantitative estimate of drug-likeness (QED) is 0.894. The van der Waals surface area contributed by atoms with Crippen LogP contribution in [0.25, 0.3) is 0 Å². The third kappa shape index (κ3) is 1.97. The molecule has 1 N–H and O–H groups in total. The van der Waals surface area contributed by atoms with Gasteiger partial charge in [0, 0.05) is 18.9 Å². The highest BCUT2D eigenvalue weighted by Crippen LogP contribution is 2.45. The van der Waals surface area contributed by atoms with Crippen LogP contribution < -0.4 is 5.56 Å². The zero-order valence-corrected chi connectivity index (χ0v) is 11.4. The maximum Gasteiger partial charge on any atom is 0.330 e. The van der Waals surface area contributed by atoms with E-state index < -0.39 is 11.5 Å². The number of ether oxygens (including phenoxy) is 1. The fraction of sp³-hybridized carbons (Fsp3) is 0.600. The van der Waals surface area contributed by atoms with Gasteiger partial charge in [-0.15, -0.1) is 0 Å². The van der Waals surface area contributed by atoms with E-state index in [1.807, 2.05) is 0 Å². The molecule has 3 rings (SSSR count). The molecule has 0 atom stereocenters. The summed E-state index contributed by atoms with van der Waals surface area (Å²) < 4.78 is 7.23. The molecule has 0 amide bonds. The second-order valence-corrected chi connectivity index (χ2v) is 5.88. The molecule has 1 aromatic rings. The Morgan fingerprint density at radius 2 is 1.95 bits per heavy atom. The maximum atomic E-state index is 12.0. The number of hydrogen-bond acceptors (Lipinski definition) is 3. The van der Waals surface area contributed by atoms with Crippen LogP contribution in [-0.4, -0.2) is 27.9 Å². The normalized spacial score (nSPS) is 33.4. The molecule has 5 heteroatoms. The molecule has 1 aromatic heterocycles. The van der Waals surface area contributed by atoms with Crippen molar-refractivity contribution in [3.63, 3.8) is 0 Å². The van der Waals surface area contributed by atoms with E-state index in [4.69, 9.17) is 4.74 Å². The molecule has 0 bridgehead atoms. The Balaban J connectivity index is 1.94. The first-order valence-electron chi connectivity index (χ1n) is 7.14. The second-order valence-electron chi connectivity index (χ2n) is 5.88. The SMILES string of the molecule is O=C(O)C1(n2ccccc2=O)CCC2(CCCO2)CC1. The lowest BCUT2D eigenvalue weighted by Gasteiger charge is -2.42. The summed E-state index contributed by atoms with van der Waals surface area (Å²) in [5.41, 5.74) is -1.51. The lowest BCUT2D eigenvalue weighted by Crippen LogP contribution is -2.52. The molecule has 1 aliphatic carbocycles. The fourth-order valence-corrected chi connectivity index (χ4v) is 3.61. The molecule has 0 aromatic carbocycles. The number of nitrogens with zero attached hydrogens (tertiary/aromatic N) is 1. The number of pyridine rings is 1. The average Bonchev–Trinajstić information content (AvgIpc) is 2.89. The Morgan fingerprint density at radius 3 is 2.50 bits per heavy atom. The fourth-order valence-electron chi connectivity index (χ4n) is 3.61. The minimum atomic E-state index is -1.12. The number of aliphatic carboxylic acids is 1. The first-order valence-corrected chi connectivity index (χ1v) is 7.14. The zero-order chi connectivity index (χ0) is 14.2. The van der Waals surface area contributed by atoms with Gasteiger partial charge in [0.25, 0.3) is 5.56 Å². The van der Waals surface area contributed by atoms with Gasteiger partial charge in [0.05, 0.1) is 5.60 Å². The first-order chi connectivity index (χ1) is 9.58. The van der Waals surface area contributed by atoms with Crippen LogP contribution in [-0.2, 0) is 15.1 Å². The number of carboxylic acid groups (broad SMARTS) is 1. The predicted molar refractivity (Wildman–Crippen MR) is 72.7 cm³/mol. The molecule has 1 saturated heterocycles. The summed E-state index contributed by atoms with van der Waals surface area (Å²) in [5, 5.41) is 9.70. The molecule has 1 saturated carbocycles. The summed E-state index contributed by atoms with van der Waals surface area (Å²) in [6.07, 6.45) is 5.96. The van der Waals surface area contributed by atoms with Crippen LogP contribution in [0.1, 0.15) is 38.5 Å². The Kier molecular flexibility index (Phi) is 3.17. The number of hydrogen-bond donors (Lipinski definition) is 1. The summed E-state index contributed by atoms with van der Waals surface area (Å²) in [6.45, 7) is 0.769. The van der Waals surface area contributed by atoms with E-state index in [-0.39, 0.29) is 11.2 Å². The van der Waals surface area contributed by atoms with Crippen molar-refractivity contribution in [3.05, 3.63) is 34.7 Å². The van der Waals surface area contributed by atoms with Gasteiger partial charge in [-0.3, -0.25) is 9.36 Å². The van der Waals surface area contributed by atoms with E-state index in [9.17, 15) is 14.7 Å². The minimum Gasteiger partial charge on any atom is -0.479 e. The van der Waals surface area contributed by atoms with E-state index in [0.717, 1.165) is 19.4 Å². The standard InChI is InChI=1S/C15H19NO4/c17-12-4-1-2-10-16(12)15(13(18)19)8-6-14(7-9-15)5-3-11-20-14/h1-2,4,10H,3,5-9,11H2,(H,18,19). The van der Waals surface area contributed by atoms with Gasteiger partial charge < -0.3 is 9.84 Å². The van der Waals surface area contributed by atoms with Crippen LogP contribution in [0.15, 0.2) is 29.2 Å². The van der Waals surface area contributed by atoms with Gasteiger partial charge in [0.2, 0.25) is 0 Å². The molecule has 20 heavy (non-hydrogen) atoms. The Bertz CT molecular complexity index is 561. The van der Waals surface area contributed by atoms with Crippen LogP contribution in [0.3, 0.4) is 0 Å². The molecular weight excluding hydrogens is 258 g/mol. The minimum absolute atomic E-state index is 0.142. The largest absolute Gasteiger partial charge is 0.479 e. The second kappa shape index (κ2) is 4.74. The molecule has 1 aliphatic heterocycles. The third-order valence-electron chi connectivity index (χ3n) is 4.86. The van der Waals surface area contributed by atoms with Crippen LogP contribution >= 0.6 is 0 Å². The Labute approximate surface area is 117 Å². The van der Waals surface area contributed by atoms with Crippen molar-refractivity contribution in [1.29, 1.82) is 0 Å². The van der Waals surface area contributed by atoms with Crippen LogP contribution in [0.5, 0.6) is 0 Å². The number of carbonyl (C=O) groups is 1. The van der Waals surface area contributed by atoms with Crippen molar-refractivity contribution in [2.24, 2.45) is 0 Å². The summed E-state index contributed by atoms with van der Waals surface area (Å²) in [7, 11) is 0. The molecule has 0 unspecified atom stereocenters. The summed E-state index contributed by atoms with van der Waals surface area (Å²) in [4.78, 5) is 23.8. The van der Waals surface area contributed by atoms with Crippen LogP contribution in [0.2, 0.25) is 0 Å². The van der Waals surface area contributed by atoms with Crippen molar-refractivity contribution >= 4 is 5.97 Å². The lowest BCUT2D eigenvalue weighted by molar-refractivity contribution is -0.153. The monoisotopic (exact) mass is 277 g/mol. The van der Waals surface area contributed by atoms with E-state index >= 15 is 0 Å². The molecule has 108 valence electrons. The van der Waals surface area contributed by atoms with Crippen molar-refractivity contribution in [2.45, 2.75) is 49.7 Å². The van der Waals surface area contributed by atoms with Crippen molar-refractivity contribution in [2.75, 3.05) is 6.61 Å². The summed E-state index contributed by atoms with van der Waals surface area (Å²) >= 11 is 0. The van der Waals surface area contributed by atoms with Crippen molar-refractivity contribution in [3.8, 4) is 0 Å². The van der Waals surface area contributed by atoms with Gasteiger partial charge >= 0.3 is 5.97 Å². The average molecular weight is 277 g/mol. The summed E-state index contributed by atoms with van der Waals surface area (Å²) in [6, 6.07) is 4.77. The van der Waals surface area contributed by atoms with Gasteiger partial charge in [-0.2, -0.15) is 0 Å². The van der Waals surface area contributed by atoms with E-state index in [1.54, 1.807) is 18.3 Å². The smallest absolute Gasteiger partial charge is 0.330 e.